The molecule has 0 aliphatic carbocycles. The average Bonchev–Trinajstić information content (AvgIpc) is 2.80. The summed E-state index contributed by atoms with van der Waals surface area (Å²) in [4.78, 5) is 6.58. The second-order valence-corrected chi connectivity index (χ2v) is 7.57. The molecule has 0 aromatic heterocycles. The highest BCUT2D eigenvalue weighted by molar-refractivity contribution is 5.79. The van der Waals surface area contributed by atoms with Gasteiger partial charge in [-0.15, -0.1) is 0 Å². The summed E-state index contributed by atoms with van der Waals surface area (Å²) in [6.07, 6.45) is 2.35. The Labute approximate surface area is 179 Å². The first-order chi connectivity index (χ1) is 14.7. The van der Waals surface area contributed by atoms with E-state index in [9.17, 15) is 0 Å². The standard InChI is InChI=1S/C24H33N3O3/c1-25-24(27(2)17-20-12-13-21(28-3)15-22(20)29-4)26-16-19-11-8-14-30-23(19)18-9-6-5-7-10-18/h5-7,9-10,12-13,15,19,23H,8,11,14,16-17H2,1-4H3,(H,25,26). The number of rotatable bonds is 7. The summed E-state index contributed by atoms with van der Waals surface area (Å²) in [5, 5.41) is 3.55. The van der Waals surface area contributed by atoms with Crippen molar-refractivity contribution in [3.8, 4) is 11.5 Å². The molecule has 0 amide bonds. The molecule has 1 N–H and O–H groups in total. The van der Waals surface area contributed by atoms with E-state index in [-0.39, 0.29) is 6.10 Å². The van der Waals surface area contributed by atoms with Crippen molar-refractivity contribution >= 4 is 5.96 Å². The molecule has 0 radical (unpaired) electrons. The fraction of sp³-hybridized carbons (Fsp3) is 0.458. The molecule has 1 aliphatic heterocycles. The van der Waals surface area contributed by atoms with Gasteiger partial charge in [0.1, 0.15) is 11.5 Å². The van der Waals surface area contributed by atoms with Gasteiger partial charge in [-0.25, -0.2) is 0 Å². The van der Waals surface area contributed by atoms with E-state index in [0.29, 0.717) is 12.5 Å². The van der Waals surface area contributed by atoms with Crippen LogP contribution in [0.1, 0.15) is 30.1 Å². The number of methoxy groups -OCH3 is 2. The Bertz CT molecular complexity index is 826. The van der Waals surface area contributed by atoms with Crippen molar-refractivity contribution in [1.29, 1.82) is 0 Å². The average molecular weight is 412 g/mol. The first-order valence-corrected chi connectivity index (χ1v) is 10.5. The predicted octanol–water partition coefficient (Wildman–Crippen LogP) is 3.88. The first-order valence-electron chi connectivity index (χ1n) is 10.5. The topological polar surface area (TPSA) is 55.3 Å². The summed E-state index contributed by atoms with van der Waals surface area (Å²) in [6.45, 7) is 2.31. The molecule has 2 aromatic carbocycles. The van der Waals surface area contributed by atoms with E-state index in [4.69, 9.17) is 14.2 Å². The lowest BCUT2D eigenvalue weighted by Gasteiger charge is -2.33. The molecule has 30 heavy (non-hydrogen) atoms. The molecule has 1 saturated heterocycles. The number of benzene rings is 2. The monoisotopic (exact) mass is 411 g/mol. The third-order valence-corrected chi connectivity index (χ3v) is 5.57. The van der Waals surface area contributed by atoms with Crippen LogP contribution in [-0.4, -0.2) is 52.3 Å². The van der Waals surface area contributed by atoms with E-state index in [2.05, 4.69) is 39.5 Å². The molecule has 6 nitrogen and oxygen atoms in total. The number of hydrogen-bond acceptors (Lipinski definition) is 4. The predicted molar refractivity (Wildman–Crippen MR) is 120 cm³/mol. The number of hydrogen-bond donors (Lipinski definition) is 1. The molecule has 0 bridgehead atoms. The maximum atomic E-state index is 6.13. The van der Waals surface area contributed by atoms with Crippen LogP contribution in [-0.2, 0) is 11.3 Å². The number of guanidine groups is 1. The van der Waals surface area contributed by atoms with Crippen molar-refractivity contribution in [1.82, 2.24) is 10.2 Å². The lowest BCUT2D eigenvalue weighted by molar-refractivity contribution is -0.0266. The van der Waals surface area contributed by atoms with Crippen molar-refractivity contribution in [2.24, 2.45) is 10.9 Å². The third kappa shape index (κ3) is 5.45. The quantitative estimate of drug-likeness (QED) is 0.554. The lowest BCUT2D eigenvalue weighted by Crippen LogP contribution is -2.42. The number of nitrogens with zero attached hydrogens (tertiary/aromatic N) is 2. The molecule has 0 saturated carbocycles. The van der Waals surface area contributed by atoms with Crippen LogP contribution in [0, 0.1) is 5.92 Å². The van der Waals surface area contributed by atoms with Crippen LogP contribution < -0.4 is 14.8 Å². The molecule has 0 spiro atoms. The highest BCUT2D eigenvalue weighted by atomic mass is 16.5. The molecule has 1 fully saturated rings. The van der Waals surface area contributed by atoms with Crippen LogP contribution in [0.2, 0.25) is 0 Å². The van der Waals surface area contributed by atoms with Gasteiger partial charge in [0.05, 0.1) is 20.3 Å². The van der Waals surface area contributed by atoms with Crippen LogP contribution in [0.3, 0.4) is 0 Å². The largest absolute Gasteiger partial charge is 0.497 e. The van der Waals surface area contributed by atoms with E-state index >= 15 is 0 Å². The normalized spacial score (nSPS) is 19.3. The molecular weight excluding hydrogens is 378 g/mol. The zero-order chi connectivity index (χ0) is 21.3. The highest BCUT2D eigenvalue weighted by Crippen LogP contribution is 2.33. The van der Waals surface area contributed by atoms with Gasteiger partial charge in [-0.05, 0) is 30.5 Å². The molecule has 2 unspecified atom stereocenters. The molecule has 1 aliphatic rings. The van der Waals surface area contributed by atoms with Gasteiger partial charge in [0, 0.05) is 51.3 Å². The summed E-state index contributed by atoms with van der Waals surface area (Å²) >= 11 is 0. The van der Waals surface area contributed by atoms with Gasteiger partial charge >= 0.3 is 0 Å². The maximum absolute atomic E-state index is 6.13. The maximum Gasteiger partial charge on any atom is 0.193 e. The zero-order valence-electron chi connectivity index (χ0n) is 18.4. The number of aliphatic imine (C=N–C) groups is 1. The molecule has 6 heteroatoms. The fourth-order valence-corrected chi connectivity index (χ4v) is 3.98. The summed E-state index contributed by atoms with van der Waals surface area (Å²) < 4.78 is 17.0. The smallest absolute Gasteiger partial charge is 0.193 e. The molecular formula is C24H33N3O3. The molecule has 2 atom stereocenters. The first kappa shape index (κ1) is 22.0. The van der Waals surface area contributed by atoms with Crippen LogP contribution in [0.25, 0.3) is 0 Å². The van der Waals surface area contributed by atoms with Gasteiger partial charge in [-0.3, -0.25) is 4.99 Å². The van der Waals surface area contributed by atoms with Crippen LogP contribution >= 0.6 is 0 Å². The van der Waals surface area contributed by atoms with E-state index in [1.807, 2.05) is 38.4 Å². The summed E-state index contributed by atoms with van der Waals surface area (Å²) in [6, 6.07) is 16.4. The van der Waals surface area contributed by atoms with Crippen LogP contribution in [0.5, 0.6) is 11.5 Å². The summed E-state index contributed by atoms with van der Waals surface area (Å²) in [5.74, 6) is 2.85. The second kappa shape index (κ2) is 10.9. The Morgan fingerprint density at radius 3 is 2.67 bits per heavy atom. The molecule has 2 aromatic rings. The van der Waals surface area contributed by atoms with Crippen molar-refractivity contribution in [3.63, 3.8) is 0 Å². The fourth-order valence-electron chi connectivity index (χ4n) is 3.98. The molecule has 162 valence electrons. The molecule has 1 heterocycles. The Balaban J connectivity index is 1.63. The van der Waals surface area contributed by atoms with E-state index in [0.717, 1.165) is 49.0 Å². The minimum atomic E-state index is 0.123. The van der Waals surface area contributed by atoms with Crippen molar-refractivity contribution in [2.75, 3.05) is 41.5 Å². The zero-order valence-corrected chi connectivity index (χ0v) is 18.4. The van der Waals surface area contributed by atoms with E-state index < -0.39 is 0 Å². The van der Waals surface area contributed by atoms with Gasteiger partial charge in [-0.1, -0.05) is 30.3 Å². The highest BCUT2D eigenvalue weighted by Gasteiger charge is 2.27. The van der Waals surface area contributed by atoms with Crippen LogP contribution in [0.15, 0.2) is 53.5 Å². The van der Waals surface area contributed by atoms with Crippen molar-refractivity contribution in [2.45, 2.75) is 25.5 Å². The Morgan fingerprint density at radius 2 is 1.97 bits per heavy atom. The SMILES string of the molecule is CN=C(NCC1CCCOC1c1ccccc1)N(C)Cc1ccc(OC)cc1OC. The Morgan fingerprint density at radius 1 is 1.17 bits per heavy atom. The van der Waals surface area contributed by atoms with Crippen molar-refractivity contribution in [3.05, 3.63) is 59.7 Å². The second-order valence-electron chi connectivity index (χ2n) is 7.57. The summed E-state index contributed by atoms with van der Waals surface area (Å²) in [5.41, 5.74) is 2.32. The summed E-state index contributed by atoms with van der Waals surface area (Å²) in [7, 11) is 7.18. The Kier molecular flexibility index (Phi) is 7.97. The van der Waals surface area contributed by atoms with Crippen LogP contribution in [0.4, 0.5) is 0 Å². The van der Waals surface area contributed by atoms with E-state index in [1.165, 1.54) is 5.56 Å². The molecule has 3 rings (SSSR count). The van der Waals surface area contributed by atoms with Gasteiger partial charge < -0.3 is 24.4 Å². The Hall–Kier alpha value is -2.73. The van der Waals surface area contributed by atoms with Gasteiger partial charge in [-0.2, -0.15) is 0 Å². The number of ether oxygens (including phenoxy) is 3. The van der Waals surface area contributed by atoms with Crippen molar-refractivity contribution < 1.29 is 14.2 Å². The minimum Gasteiger partial charge on any atom is -0.497 e. The third-order valence-electron chi connectivity index (χ3n) is 5.57. The number of nitrogens with one attached hydrogen (secondary N) is 1. The van der Waals surface area contributed by atoms with Gasteiger partial charge in [0.25, 0.3) is 0 Å². The van der Waals surface area contributed by atoms with E-state index in [1.54, 1.807) is 14.2 Å². The lowest BCUT2D eigenvalue weighted by atomic mass is 9.89. The minimum absolute atomic E-state index is 0.123. The van der Waals surface area contributed by atoms with Gasteiger partial charge in [0.15, 0.2) is 5.96 Å². The van der Waals surface area contributed by atoms with Gasteiger partial charge in [0.2, 0.25) is 0 Å².